The van der Waals surface area contributed by atoms with E-state index in [2.05, 4.69) is 6.08 Å². The summed E-state index contributed by atoms with van der Waals surface area (Å²) >= 11 is 0. The maximum atomic E-state index is 12.7. The summed E-state index contributed by atoms with van der Waals surface area (Å²) in [5.41, 5.74) is 1.78. The van der Waals surface area contributed by atoms with Crippen LogP contribution < -0.4 is 0 Å². The lowest BCUT2D eigenvalue weighted by molar-refractivity contribution is -0.137. The summed E-state index contributed by atoms with van der Waals surface area (Å²) in [6, 6.07) is 4.96. The minimum Gasteiger partial charge on any atom is -0.478 e. The molecule has 2 nitrogen and oxygen atoms in total. The number of benzene rings is 1. The Morgan fingerprint density at radius 2 is 1.83 bits per heavy atom. The Morgan fingerprint density at radius 1 is 1.13 bits per heavy atom. The molecule has 0 aromatic heterocycles. The third-order valence-corrected chi connectivity index (χ3v) is 3.66. The summed E-state index contributed by atoms with van der Waals surface area (Å²) in [7, 11) is 0. The van der Waals surface area contributed by atoms with E-state index in [0.29, 0.717) is 5.56 Å². The zero-order chi connectivity index (χ0) is 16.9. The number of carboxylic acids is 1. The van der Waals surface area contributed by atoms with Crippen LogP contribution in [0.15, 0.2) is 54.1 Å². The Morgan fingerprint density at radius 3 is 2.35 bits per heavy atom. The lowest BCUT2D eigenvalue weighted by atomic mass is 9.89. The average molecular weight is 322 g/mol. The molecule has 0 bridgehead atoms. The van der Waals surface area contributed by atoms with Crippen molar-refractivity contribution in [1.29, 1.82) is 0 Å². The van der Waals surface area contributed by atoms with Crippen LogP contribution in [0.2, 0.25) is 0 Å². The fourth-order valence-electron chi connectivity index (χ4n) is 2.54. The van der Waals surface area contributed by atoms with Crippen molar-refractivity contribution in [2.45, 2.75) is 31.9 Å². The molecule has 0 atom stereocenters. The van der Waals surface area contributed by atoms with Gasteiger partial charge in [0.05, 0.1) is 5.56 Å². The Balaban J connectivity index is 2.37. The Bertz CT molecular complexity index is 650. The van der Waals surface area contributed by atoms with Gasteiger partial charge >= 0.3 is 12.1 Å². The highest BCUT2D eigenvalue weighted by Crippen LogP contribution is 2.34. The molecule has 0 radical (unpaired) electrons. The number of carboxylic acid groups (broad SMARTS) is 1. The molecule has 5 heteroatoms. The molecule has 0 heterocycles. The molecule has 0 aliphatic heterocycles. The van der Waals surface area contributed by atoms with Crippen LogP contribution in [0, 0.1) is 0 Å². The van der Waals surface area contributed by atoms with Crippen LogP contribution in [0.5, 0.6) is 0 Å². The average Bonchev–Trinajstić information content (AvgIpc) is 2.51. The van der Waals surface area contributed by atoms with Crippen molar-refractivity contribution in [3.8, 4) is 0 Å². The van der Waals surface area contributed by atoms with Gasteiger partial charge in [-0.25, -0.2) is 4.79 Å². The molecule has 2 rings (SSSR count). The molecule has 122 valence electrons. The van der Waals surface area contributed by atoms with Crippen LogP contribution in [0.3, 0.4) is 0 Å². The topological polar surface area (TPSA) is 37.3 Å². The smallest absolute Gasteiger partial charge is 0.416 e. The molecule has 1 aliphatic carbocycles. The molecular formula is C18H17F3O2. The van der Waals surface area contributed by atoms with Crippen LogP contribution in [-0.4, -0.2) is 11.1 Å². The lowest BCUT2D eigenvalue weighted by Gasteiger charge is -2.17. The van der Waals surface area contributed by atoms with Gasteiger partial charge in [-0.3, -0.25) is 0 Å². The second-order valence-electron chi connectivity index (χ2n) is 5.33. The van der Waals surface area contributed by atoms with Gasteiger partial charge in [-0.2, -0.15) is 13.2 Å². The SMILES string of the molecule is O=C(O)/C=C/C=C(\C1=CCCCC1)c1ccc(C(F)(F)F)cc1. The van der Waals surface area contributed by atoms with E-state index in [9.17, 15) is 18.0 Å². The van der Waals surface area contributed by atoms with E-state index in [0.717, 1.165) is 55.0 Å². The Labute approximate surface area is 132 Å². The summed E-state index contributed by atoms with van der Waals surface area (Å²) < 4.78 is 38.0. The second-order valence-corrected chi connectivity index (χ2v) is 5.33. The van der Waals surface area contributed by atoms with Crippen molar-refractivity contribution in [1.82, 2.24) is 0 Å². The molecule has 1 N–H and O–H groups in total. The molecule has 0 spiro atoms. The molecule has 0 unspecified atom stereocenters. The maximum absolute atomic E-state index is 12.7. The van der Waals surface area contributed by atoms with Crippen LogP contribution >= 0.6 is 0 Å². The van der Waals surface area contributed by atoms with E-state index in [-0.39, 0.29) is 0 Å². The predicted molar refractivity (Wildman–Crippen MR) is 82.7 cm³/mol. The number of aliphatic carboxylic acids is 1. The van der Waals surface area contributed by atoms with Crippen LogP contribution in [0.25, 0.3) is 5.57 Å². The molecule has 0 saturated carbocycles. The minimum absolute atomic E-state index is 0.654. The molecule has 0 fully saturated rings. The van der Waals surface area contributed by atoms with Crippen molar-refractivity contribution in [2.75, 3.05) is 0 Å². The maximum Gasteiger partial charge on any atom is 0.416 e. The van der Waals surface area contributed by atoms with E-state index >= 15 is 0 Å². The van der Waals surface area contributed by atoms with Gasteiger partial charge in [0.15, 0.2) is 0 Å². The molecule has 23 heavy (non-hydrogen) atoms. The van der Waals surface area contributed by atoms with E-state index in [1.165, 1.54) is 18.2 Å². The van der Waals surface area contributed by atoms with Crippen molar-refractivity contribution in [2.24, 2.45) is 0 Å². The number of halogens is 3. The monoisotopic (exact) mass is 322 g/mol. The number of hydrogen-bond donors (Lipinski definition) is 1. The molecule has 1 aromatic rings. The van der Waals surface area contributed by atoms with Crippen LogP contribution in [-0.2, 0) is 11.0 Å². The van der Waals surface area contributed by atoms with E-state index in [4.69, 9.17) is 5.11 Å². The zero-order valence-corrected chi connectivity index (χ0v) is 12.4. The molecular weight excluding hydrogens is 305 g/mol. The standard InChI is InChI=1S/C18H17F3O2/c19-18(20,21)15-11-9-14(10-12-15)16(7-4-8-17(22)23)13-5-2-1-3-6-13/h4-5,7-12H,1-3,6H2,(H,22,23)/b8-4+,16-7+. The van der Waals surface area contributed by atoms with Crippen LogP contribution in [0.4, 0.5) is 13.2 Å². The van der Waals surface area contributed by atoms with Gasteiger partial charge in [-0.05, 0) is 54.5 Å². The highest BCUT2D eigenvalue weighted by molar-refractivity contribution is 5.83. The van der Waals surface area contributed by atoms with E-state index < -0.39 is 17.7 Å². The molecule has 0 saturated heterocycles. The van der Waals surface area contributed by atoms with Gasteiger partial charge in [0.2, 0.25) is 0 Å². The van der Waals surface area contributed by atoms with Gasteiger partial charge in [0.1, 0.15) is 0 Å². The number of allylic oxidation sites excluding steroid dienone is 5. The quantitative estimate of drug-likeness (QED) is 0.609. The first kappa shape index (κ1) is 17.1. The van der Waals surface area contributed by atoms with Gasteiger partial charge in [-0.15, -0.1) is 0 Å². The fourth-order valence-corrected chi connectivity index (χ4v) is 2.54. The summed E-state index contributed by atoms with van der Waals surface area (Å²) in [6.45, 7) is 0. The van der Waals surface area contributed by atoms with Crippen LogP contribution in [0.1, 0.15) is 36.8 Å². The van der Waals surface area contributed by atoms with Gasteiger partial charge in [-0.1, -0.05) is 30.4 Å². The van der Waals surface area contributed by atoms with Gasteiger partial charge in [0.25, 0.3) is 0 Å². The van der Waals surface area contributed by atoms with E-state index in [1.54, 1.807) is 6.08 Å². The van der Waals surface area contributed by atoms with Gasteiger partial charge in [0, 0.05) is 6.08 Å². The largest absolute Gasteiger partial charge is 0.478 e. The highest BCUT2D eigenvalue weighted by atomic mass is 19.4. The first-order valence-electron chi connectivity index (χ1n) is 7.36. The van der Waals surface area contributed by atoms with Crippen molar-refractivity contribution in [3.05, 3.63) is 65.3 Å². The van der Waals surface area contributed by atoms with Crippen molar-refractivity contribution >= 4 is 11.5 Å². The summed E-state index contributed by atoms with van der Waals surface area (Å²) in [5, 5.41) is 8.68. The number of rotatable bonds is 4. The molecule has 0 amide bonds. The Hall–Kier alpha value is -2.30. The van der Waals surface area contributed by atoms with Crippen molar-refractivity contribution < 1.29 is 23.1 Å². The third kappa shape index (κ3) is 4.84. The number of alkyl halides is 3. The summed E-state index contributed by atoms with van der Waals surface area (Å²) in [4.78, 5) is 10.6. The van der Waals surface area contributed by atoms with E-state index in [1.807, 2.05) is 0 Å². The highest BCUT2D eigenvalue weighted by Gasteiger charge is 2.30. The molecule has 1 aromatic carbocycles. The lowest BCUT2D eigenvalue weighted by Crippen LogP contribution is -2.04. The summed E-state index contributed by atoms with van der Waals surface area (Å²) in [5.74, 6) is -1.06. The van der Waals surface area contributed by atoms with Gasteiger partial charge < -0.3 is 5.11 Å². The van der Waals surface area contributed by atoms with Crippen molar-refractivity contribution in [3.63, 3.8) is 0 Å². The second kappa shape index (κ2) is 7.31. The fraction of sp³-hybridized carbons (Fsp3) is 0.278. The number of carbonyl (C=O) groups is 1. The zero-order valence-electron chi connectivity index (χ0n) is 12.4. The first-order chi connectivity index (χ1) is 10.9. The molecule has 1 aliphatic rings. The Kier molecular flexibility index (Phi) is 5.42. The third-order valence-electron chi connectivity index (χ3n) is 3.66. The number of hydrogen-bond acceptors (Lipinski definition) is 1. The minimum atomic E-state index is -4.37. The summed E-state index contributed by atoms with van der Waals surface area (Å²) in [6.07, 6.45) is 5.65. The normalized spacial score (nSPS) is 16.5. The predicted octanol–water partition coefficient (Wildman–Crippen LogP) is 5.23. The first-order valence-corrected chi connectivity index (χ1v) is 7.36.